The second-order valence-corrected chi connectivity index (χ2v) is 6.55. The summed E-state index contributed by atoms with van der Waals surface area (Å²) in [6, 6.07) is 0. The second kappa shape index (κ2) is 6.70. The van der Waals surface area contributed by atoms with E-state index in [0.29, 0.717) is 25.5 Å². The Morgan fingerprint density at radius 1 is 1.35 bits per heavy atom. The molecule has 7 nitrogen and oxygen atoms in total. The van der Waals surface area contributed by atoms with Gasteiger partial charge in [0.05, 0.1) is 12.0 Å². The van der Waals surface area contributed by atoms with Crippen LogP contribution in [0.1, 0.15) is 44.3 Å². The van der Waals surface area contributed by atoms with Crippen molar-refractivity contribution in [1.29, 1.82) is 0 Å². The Labute approximate surface area is 135 Å². The summed E-state index contributed by atoms with van der Waals surface area (Å²) < 4.78 is 5.76. The number of carbonyl (C=O) groups is 1. The van der Waals surface area contributed by atoms with Crippen molar-refractivity contribution in [3.63, 3.8) is 0 Å². The number of carbonyl (C=O) groups excluding carboxylic acids is 1. The lowest BCUT2D eigenvalue weighted by molar-refractivity contribution is -0.144. The zero-order chi connectivity index (χ0) is 16.4. The van der Waals surface area contributed by atoms with Gasteiger partial charge in [0.1, 0.15) is 5.82 Å². The van der Waals surface area contributed by atoms with Crippen molar-refractivity contribution < 1.29 is 9.53 Å². The Morgan fingerprint density at radius 3 is 2.70 bits per heavy atom. The van der Waals surface area contributed by atoms with E-state index in [-0.39, 0.29) is 29.5 Å². The molecule has 0 unspecified atom stereocenters. The number of hydrogen-bond donors (Lipinski definition) is 2. The molecule has 2 aliphatic rings. The van der Waals surface area contributed by atoms with Crippen LogP contribution in [0.2, 0.25) is 0 Å². The van der Waals surface area contributed by atoms with Crippen molar-refractivity contribution in [2.24, 2.45) is 5.92 Å². The molecule has 0 aliphatic carbocycles. The van der Waals surface area contributed by atoms with E-state index in [1.807, 2.05) is 11.8 Å². The molecule has 126 valence electrons. The van der Waals surface area contributed by atoms with Crippen molar-refractivity contribution in [2.45, 2.75) is 44.6 Å². The third-order valence-corrected chi connectivity index (χ3v) is 4.84. The molecule has 2 atom stereocenters. The Balaban J connectivity index is 1.61. The van der Waals surface area contributed by atoms with Gasteiger partial charge in [0.2, 0.25) is 5.91 Å². The number of rotatable bonds is 3. The summed E-state index contributed by atoms with van der Waals surface area (Å²) >= 11 is 0. The Kier molecular flexibility index (Phi) is 4.66. The van der Waals surface area contributed by atoms with Crippen molar-refractivity contribution in [1.82, 2.24) is 20.1 Å². The second-order valence-electron chi connectivity index (χ2n) is 6.55. The van der Waals surface area contributed by atoms with Crippen LogP contribution in [0.15, 0.2) is 16.9 Å². The van der Waals surface area contributed by atoms with E-state index in [2.05, 4.69) is 21.8 Å². The summed E-state index contributed by atoms with van der Waals surface area (Å²) in [7, 11) is 0. The predicted molar refractivity (Wildman–Crippen MR) is 85.0 cm³/mol. The van der Waals surface area contributed by atoms with Crippen molar-refractivity contribution >= 4 is 5.91 Å². The van der Waals surface area contributed by atoms with Gasteiger partial charge in [-0.05, 0) is 32.6 Å². The number of amides is 1. The quantitative estimate of drug-likeness (QED) is 0.818. The molecule has 0 spiro atoms. The average Bonchev–Trinajstić information content (AvgIpc) is 3.01. The van der Waals surface area contributed by atoms with Crippen LogP contribution in [-0.4, -0.2) is 51.8 Å². The first-order valence-corrected chi connectivity index (χ1v) is 8.26. The molecular formula is C16H24N4O3. The SMILES string of the molecule is C=C(C)[C@@H]1OCCC[C@H]1C(=O)N1CCC(c2n[nH]c(=O)[nH]2)CC1. The van der Waals surface area contributed by atoms with Gasteiger partial charge in [-0.2, -0.15) is 5.10 Å². The molecule has 2 N–H and O–H groups in total. The third-order valence-electron chi connectivity index (χ3n) is 4.84. The summed E-state index contributed by atoms with van der Waals surface area (Å²) in [5, 5.41) is 6.41. The normalized spacial score (nSPS) is 26.2. The maximum atomic E-state index is 12.8. The van der Waals surface area contributed by atoms with Gasteiger partial charge in [-0.25, -0.2) is 9.89 Å². The molecule has 0 saturated carbocycles. The summed E-state index contributed by atoms with van der Waals surface area (Å²) in [5.41, 5.74) is 0.647. The highest BCUT2D eigenvalue weighted by Crippen LogP contribution is 2.30. The van der Waals surface area contributed by atoms with Crippen molar-refractivity contribution in [2.75, 3.05) is 19.7 Å². The minimum absolute atomic E-state index is 0.108. The molecule has 1 aromatic rings. The average molecular weight is 320 g/mol. The molecule has 0 radical (unpaired) electrons. The van der Waals surface area contributed by atoms with Crippen LogP contribution in [0.5, 0.6) is 0 Å². The van der Waals surface area contributed by atoms with Gasteiger partial charge >= 0.3 is 5.69 Å². The number of hydrogen-bond acceptors (Lipinski definition) is 4. The van der Waals surface area contributed by atoms with Crippen molar-refractivity contribution in [3.05, 3.63) is 28.5 Å². The number of aromatic nitrogens is 3. The monoisotopic (exact) mass is 320 g/mol. The molecule has 7 heteroatoms. The van der Waals surface area contributed by atoms with Crippen LogP contribution >= 0.6 is 0 Å². The summed E-state index contributed by atoms with van der Waals surface area (Å²) in [6.07, 6.45) is 3.26. The van der Waals surface area contributed by atoms with Gasteiger partial charge in [0.15, 0.2) is 0 Å². The highest BCUT2D eigenvalue weighted by Gasteiger charge is 2.36. The molecule has 2 fully saturated rings. The number of piperidine rings is 1. The van der Waals surface area contributed by atoms with Gasteiger partial charge in [-0.3, -0.25) is 9.78 Å². The molecule has 2 saturated heterocycles. The van der Waals surface area contributed by atoms with Crippen LogP contribution in [0, 0.1) is 5.92 Å². The zero-order valence-electron chi connectivity index (χ0n) is 13.5. The van der Waals surface area contributed by atoms with Crippen LogP contribution in [-0.2, 0) is 9.53 Å². The fraction of sp³-hybridized carbons (Fsp3) is 0.688. The number of nitrogens with zero attached hydrogens (tertiary/aromatic N) is 2. The smallest absolute Gasteiger partial charge is 0.340 e. The van der Waals surface area contributed by atoms with Gasteiger partial charge in [-0.15, -0.1) is 0 Å². The van der Waals surface area contributed by atoms with E-state index in [4.69, 9.17) is 4.74 Å². The molecule has 0 bridgehead atoms. The highest BCUT2D eigenvalue weighted by atomic mass is 16.5. The Bertz CT molecular complexity index is 627. The standard InChI is InChI=1S/C16H24N4O3/c1-10(2)13-12(4-3-9-23-13)15(21)20-7-5-11(6-8-20)14-17-16(22)19-18-14/h11-13H,1,3-9H2,2H3,(H2,17,18,19,22)/t12-,13+/m1/s1. The lowest BCUT2D eigenvalue weighted by Gasteiger charge is -2.37. The fourth-order valence-electron chi connectivity index (χ4n) is 3.60. The lowest BCUT2D eigenvalue weighted by Crippen LogP contribution is -2.47. The summed E-state index contributed by atoms with van der Waals surface area (Å²) in [5.74, 6) is 0.968. The molecule has 3 rings (SSSR count). The summed E-state index contributed by atoms with van der Waals surface area (Å²) in [4.78, 5) is 28.6. The Hall–Kier alpha value is -1.89. The fourth-order valence-corrected chi connectivity index (χ4v) is 3.60. The molecule has 23 heavy (non-hydrogen) atoms. The van der Waals surface area contributed by atoms with E-state index < -0.39 is 0 Å². The van der Waals surface area contributed by atoms with E-state index in [9.17, 15) is 9.59 Å². The topological polar surface area (TPSA) is 91.1 Å². The summed E-state index contributed by atoms with van der Waals surface area (Å²) in [6.45, 7) is 7.99. The lowest BCUT2D eigenvalue weighted by atomic mass is 9.88. The number of ether oxygens (including phenoxy) is 1. The van der Waals surface area contributed by atoms with Gasteiger partial charge in [0, 0.05) is 25.6 Å². The van der Waals surface area contributed by atoms with Crippen LogP contribution in [0.3, 0.4) is 0 Å². The molecule has 0 aromatic carbocycles. The highest BCUT2D eigenvalue weighted by molar-refractivity contribution is 5.80. The van der Waals surface area contributed by atoms with Crippen molar-refractivity contribution in [3.8, 4) is 0 Å². The minimum Gasteiger partial charge on any atom is -0.373 e. The third kappa shape index (κ3) is 3.39. The number of aromatic amines is 2. The van der Waals surface area contributed by atoms with Gasteiger partial charge in [0.25, 0.3) is 0 Å². The van der Waals surface area contributed by atoms with Crippen LogP contribution in [0.25, 0.3) is 0 Å². The zero-order valence-corrected chi connectivity index (χ0v) is 13.5. The molecule has 3 heterocycles. The number of H-pyrrole nitrogens is 2. The van der Waals surface area contributed by atoms with E-state index in [0.717, 1.165) is 31.3 Å². The van der Waals surface area contributed by atoms with E-state index >= 15 is 0 Å². The van der Waals surface area contributed by atoms with E-state index in [1.54, 1.807) is 0 Å². The first kappa shape index (κ1) is 16.0. The van der Waals surface area contributed by atoms with Gasteiger partial charge < -0.3 is 9.64 Å². The molecule has 2 aliphatic heterocycles. The Morgan fingerprint density at radius 2 is 2.09 bits per heavy atom. The van der Waals surface area contributed by atoms with Crippen LogP contribution < -0.4 is 5.69 Å². The largest absolute Gasteiger partial charge is 0.373 e. The maximum absolute atomic E-state index is 12.8. The number of likely N-dealkylation sites (tertiary alicyclic amines) is 1. The predicted octanol–water partition coefficient (Wildman–Crippen LogP) is 1.18. The number of nitrogens with one attached hydrogen (secondary N) is 2. The molecule has 1 amide bonds. The molecule has 1 aromatic heterocycles. The maximum Gasteiger partial charge on any atom is 0.340 e. The first-order valence-electron chi connectivity index (χ1n) is 8.26. The van der Waals surface area contributed by atoms with E-state index in [1.165, 1.54) is 0 Å². The molecular weight excluding hydrogens is 296 g/mol. The first-order chi connectivity index (χ1) is 11.1. The minimum atomic E-state index is -0.276. The van der Waals surface area contributed by atoms with Gasteiger partial charge in [-0.1, -0.05) is 12.2 Å². The van der Waals surface area contributed by atoms with Crippen LogP contribution in [0.4, 0.5) is 0 Å².